The Hall–Kier alpha value is -1.51. The van der Waals surface area contributed by atoms with Gasteiger partial charge in [0.25, 0.3) is 0 Å². The highest BCUT2D eigenvalue weighted by Gasteiger charge is 2.01. The molecule has 0 bridgehead atoms. The second kappa shape index (κ2) is 6.06. The molecule has 0 N–H and O–H groups in total. The van der Waals surface area contributed by atoms with Crippen LogP contribution in [0.2, 0.25) is 0 Å². The molecular formula is C10H15NO2. The highest BCUT2D eigenvalue weighted by molar-refractivity contribution is 5.68. The number of nitrogens with zero attached hydrogens (tertiary/aromatic N) is 1. The van der Waals surface area contributed by atoms with Crippen molar-refractivity contribution >= 4 is 6.09 Å². The van der Waals surface area contributed by atoms with Crippen LogP contribution in [0.3, 0.4) is 0 Å². The first-order valence-electron chi connectivity index (χ1n) is 3.90. The second-order valence-corrected chi connectivity index (χ2v) is 2.54. The summed E-state index contributed by atoms with van der Waals surface area (Å²) in [4.78, 5) is 12.2. The van der Waals surface area contributed by atoms with Crippen LogP contribution in [-0.4, -0.2) is 25.2 Å². The van der Waals surface area contributed by atoms with Crippen molar-refractivity contribution in [1.82, 2.24) is 4.90 Å². The summed E-state index contributed by atoms with van der Waals surface area (Å²) in [6.45, 7) is 5.53. The Morgan fingerprint density at radius 1 is 1.54 bits per heavy atom. The molecule has 1 amide bonds. The van der Waals surface area contributed by atoms with Crippen LogP contribution in [0.4, 0.5) is 4.79 Å². The maximum absolute atomic E-state index is 10.9. The molecule has 0 atom stereocenters. The number of carbonyl (C=O) groups excluding carboxylic acids is 1. The molecule has 0 aliphatic carbocycles. The van der Waals surface area contributed by atoms with Crippen molar-refractivity contribution in [2.24, 2.45) is 0 Å². The summed E-state index contributed by atoms with van der Waals surface area (Å²) in [5.74, 6) is 0. The lowest BCUT2D eigenvalue weighted by Gasteiger charge is -2.08. The summed E-state index contributed by atoms with van der Waals surface area (Å²) >= 11 is 0. The molecule has 0 aromatic heterocycles. The van der Waals surface area contributed by atoms with Crippen LogP contribution < -0.4 is 0 Å². The number of amides is 1. The minimum Gasteiger partial charge on any atom is -0.453 e. The van der Waals surface area contributed by atoms with Crippen molar-refractivity contribution in [3.63, 3.8) is 0 Å². The van der Waals surface area contributed by atoms with Gasteiger partial charge in [0.05, 0.1) is 7.11 Å². The molecular weight excluding hydrogens is 166 g/mol. The van der Waals surface area contributed by atoms with E-state index in [-0.39, 0.29) is 6.09 Å². The van der Waals surface area contributed by atoms with E-state index >= 15 is 0 Å². The lowest BCUT2D eigenvalue weighted by Crippen LogP contribution is -2.20. The Morgan fingerprint density at radius 3 is 2.62 bits per heavy atom. The predicted molar refractivity (Wildman–Crippen MR) is 53.3 cm³/mol. The number of hydrogen-bond acceptors (Lipinski definition) is 2. The van der Waals surface area contributed by atoms with E-state index in [0.717, 1.165) is 5.57 Å². The highest BCUT2D eigenvalue weighted by atomic mass is 16.5. The molecule has 13 heavy (non-hydrogen) atoms. The van der Waals surface area contributed by atoms with Crippen molar-refractivity contribution in [2.75, 3.05) is 14.2 Å². The molecule has 0 rings (SSSR count). The van der Waals surface area contributed by atoms with Crippen LogP contribution in [0.5, 0.6) is 0 Å². The van der Waals surface area contributed by atoms with Gasteiger partial charge in [0.15, 0.2) is 0 Å². The van der Waals surface area contributed by atoms with Gasteiger partial charge in [-0.25, -0.2) is 4.79 Å². The summed E-state index contributed by atoms with van der Waals surface area (Å²) in [7, 11) is 2.97. The van der Waals surface area contributed by atoms with Crippen LogP contribution >= 0.6 is 0 Å². The van der Waals surface area contributed by atoms with Crippen molar-refractivity contribution in [1.29, 1.82) is 0 Å². The number of allylic oxidation sites excluding steroid dienone is 4. The fourth-order valence-electron chi connectivity index (χ4n) is 0.597. The highest BCUT2D eigenvalue weighted by Crippen LogP contribution is 1.95. The Bertz CT molecular complexity index is 241. The first kappa shape index (κ1) is 11.5. The van der Waals surface area contributed by atoms with Gasteiger partial charge in [0.2, 0.25) is 0 Å². The summed E-state index contributed by atoms with van der Waals surface area (Å²) in [6.07, 6.45) is 6.59. The smallest absolute Gasteiger partial charge is 0.413 e. The molecule has 0 spiro atoms. The maximum atomic E-state index is 10.9. The summed E-state index contributed by atoms with van der Waals surface area (Å²) in [5, 5.41) is 0. The van der Waals surface area contributed by atoms with Crippen molar-refractivity contribution in [3.8, 4) is 0 Å². The number of methoxy groups -OCH3 is 1. The van der Waals surface area contributed by atoms with Gasteiger partial charge < -0.3 is 4.74 Å². The summed E-state index contributed by atoms with van der Waals surface area (Å²) in [5.41, 5.74) is 1.04. The van der Waals surface area contributed by atoms with Gasteiger partial charge in [-0.15, -0.1) is 0 Å². The molecule has 0 aliphatic rings. The zero-order valence-electron chi connectivity index (χ0n) is 8.28. The van der Waals surface area contributed by atoms with Crippen molar-refractivity contribution in [2.45, 2.75) is 6.92 Å². The zero-order valence-corrected chi connectivity index (χ0v) is 8.28. The topological polar surface area (TPSA) is 29.5 Å². The molecule has 0 aliphatic heterocycles. The van der Waals surface area contributed by atoms with E-state index < -0.39 is 0 Å². The predicted octanol–water partition coefficient (Wildman–Crippen LogP) is 2.33. The lowest BCUT2D eigenvalue weighted by molar-refractivity contribution is 0.147. The first-order chi connectivity index (χ1) is 6.11. The molecule has 0 saturated carbocycles. The standard InChI is InChI=1S/C10H15NO2/c1-5-9(2)7-6-8-11(3)10(12)13-4/h5-8H,1H2,2-4H3/b8-6-,9-7-. The fraction of sp³-hybridized carbons (Fsp3) is 0.300. The van der Waals surface area contributed by atoms with Crippen LogP contribution in [0, 0.1) is 0 Å². The van der Waals surface area contributed by atoms with Gasteiger partial charge in [-0.1, -0.05) is 24.3 Å². The van der Waals surface area contributed by atoms with E-state index in [0.29, 0.717) is 0 Å². The molecule has 3 heteroatoms. The average Bonchev–Trinajstić information content (AvgIpc) is 2.15. The Labute approximate surface area is 79.0 Å². The third-order valence-corrected chi connectivity index (χ3v) is 1.45. The normalized spacial score (nSPS) is 11.5. The Balaban J connectivity index is 4.12. The first-order valence-corrected chi connectivity index (χ1v) is 3.90. The third kappa shape index (κ3) is 4.85. The van der Waals surface area contributed by atoms with E-state index in [2.05, 4.69) is 11.3 Å². The zero-order chi connectivity index (χ0) is 10.3. The molecule has 72 valence electrons. The number of rotatable bonds is 3. The molecule has 3 nitrogen and oxygen atoms in total. The van der Waals surface area contributed by atoms with Crippen LogP contribution in [0.25, 0.3) is 0 Å². The summed E-state index contributed by atoms with van der Waals surface area (Å²) < 4.78 is 4.49. The van der Waals surface area contributed by atoms with Gasteiger partial charge in [0, 0.05) is 13.2 Å². The molecule has 0 fully saturated rings. The van der Waals surface area contributed by atoms with Gasteiger partial charge in [-0.2, -0.15) is 0 Å². The fourth-order valence-corrected chi connectivity index (χ4v) is 0.597. The minimum absolute atomic E-state index is 0.388. The van der Waals surface area contributed by atoms with Crippen LogP contribution in [-0.2, 0) is 4.74 Å². The van der Waals surface area contributed by atoms with Gasteiger partial charge >= 0.3 is 6.09 Å². The third-order valence-electron chi connectivity index (χ3n) is 1.45. The number of carbonyl (C=O) groups is 1. The minimum atomic E-state index is -0.388. The maximum Gasteiger partial charge on any atom is 0.413 e. The van der Waals surface area contributed by atoms with Crippen LogP contribution in [0.1, 0.15) is 6.92 Å². The van der Waals surface area contributed by atoms with Gasteiger partial charge in [0.1, 0.15) is 0 Å². The monoisotopic (exact) mass is 181 g/mol. The van der Waals surface area contributed by atoms with E-state index in [1.165, 1.54) is 12.0 Å². The van der Waals surface area contributed by atoms with E-state index in [9.17, 15) is 4.79 Å². The second-order valence-electron chi connectivity index (χ2n) is 2.54. The summed E-state index contributed by atoms with van der Waals surface area (Å²) in [6, 6.07) is 0. The van der Waals surface area contributed by atoms with E-state index in [4.69, 9.17) is 0 Å². The van der Waals surface area contributed by atoms with Crippen LogP contribution in [0.15, 0.2) is 36.6 Å². The number of hydrogen-bond donors (Lipinski definition) is 0. The SMILES string of the molecule is C=C/C(C)=C\C=C/N(C)C(=O)OC. The quantitative estimate of drug-likeness (QED) is 0.625. The molecule has 0 aromatic carbocycles. The van der Waals surface area contributed by atoms with Crippen molar-refractivity contribution < 1.29 is 9.53 Å². The molecule has 0 heterocycles. The molecule has 0 unspecified atom stereocenters. The molecule has 0 saturated heterocycles. The average molecular weight is 181 g/mol. The molecule has 0 aromatic rings. The Morgan fingerprint density at radius 2 is 2.15 bits per heavy atom. The van der Waals surface area contributed by atoms with Gasteiger partial charge in [-0.05, 0) is 13.0 Å². The van der Waals surface area contributed by atoms with E-state index in [1.807, 2.05) is 13.0 Å². The lowest BCUT2D eigenvalue weighted by atomic mass is 10.3. The largest absolute Gasteiger partial charge is 0.453 e. The number of ether oxygens (including phenoxy) is 1. The van der Waals surface area contributed by atoms with Crippen molar-refractivity contribution in [3.05, 3.63) is 36.6 Å². The molecule has 0 radical (unpaired) electrons. The van der Waals surface area contributed by atoms with E-state index in [1.54, 1.807) is 25.4 Å². The van der Waals surface area contributed by atoms with Gasteiger partial charge in [-0.3, -0.25) is 4.90 Å². The Kier molecular flexibility index (Phi) is 5.35.